The summed E-state index contributed by atoms with van der Waals surface area (Å²) < 4.78 is 0. The predicted molar refractivity (Wildman–Crippen MR) is 28.8 cm³/mol. The minimum absolute atomic E-state index is 0.417. The molecule has 0 saturated carbocycles. The second-order valence-electron chi connectivity index (χ2n) is 1.45. The van der Waals surface area contributed by atoms with Gasteiger partial charge in [-0.25, -0.2) is 0 Å². The third kappa shape index (κ3) is 2.54. The van der Waals surface area contributed by atoms with E-state index in [1.54, 1.807) is 6.92 Å². The lowest BCUT2D eigenvalue weighted by Crippen LogP contribution is -2.37. The minimum atomic E-state index is -0.424. The number of hydrogen-bond donors (Lipinski definition) is 2. The summed E-state index contributed by atoms with van der Waals surface area (Å²) in [7, 11) is 1.43. The number of hydrogen-bond acceptors (Lipinski definition) is 3. The summed E-state index contributed by atoms with van der Waals surface area (Å²) in [5.74, 6) is -0.424. The molecule has 48 valence electrons. The molecule has 4 nitrogen and oxygen atoms in total. The van der Waals surface area contributed by atoms with Gasteiger partial charge in [-0.15, -0.1) is 0 Å². The first kappa shape index (κ1) is 7.39. The third-order valence-electron chi connectivity index (χ3n) is 0.721. The van der Waals surface area contributed by atoms with E-state index in [2.05, 4.69) is 10.3 Å². The van der Waals surface area contributed by atoms with Crippen molar-refractivity contribution >= 4 is 5.91 Å². The van der Waals surface area contributed by atoms with Crippen molar-refractivity contribution in [1.29, 1.82) is 0 Å². The SMILES string of the molecule is CON[C@@H](C)C(N)=O. The Labute approximate surface area is 48.0 Å². The van der Waals surface area contributed by atoms with Gasteiger partial charge in [-0.05, 0) is 6.92 Å². The fraction of sp³-hybridized carbons (Fsp3) is 0.750. The molecular formula is C4H10N2O2. The molecular weight excluding hydrogens is 108 g/mol. The van der Waals surface area contributed by atoms with Crippen LogP contribution in [0.15, 0.2) is 0 Å². The highest BCUT2D eigenvalue weighted by Crippen LogP contribution is 1.74. The van der Waals surface area contributed by atoms with Crippen LogP contribution in [-0.2, 0) is 9.63 Å². The van der Waals surface area contributed by atoms with Gasteiger partial charge < -0.3 is 10.6 Å². The molecule has 1 atom stereocenters. The van der Waals surface area contributed by atoms with Crippen molar-refractivity contribution in [3.63, 3.8) is 0 Å². The Morgan fingerprint density at radius 2 is 2.38 bits per heavy atom. The van der Waals surface area contributed by atoms with Crippen LogP contribution in [0.1, 0.15) is 6.92 Å². The van der Waals surface area contributed by atoms with Gasteiger partial charge in [0.15, 0.2) is 0 Å². The third-order valence-corrected chi connectivity index (χ3v) is 0.721. The Morgan fingerprint density at radius 3 is 2.50 bits per heavy atom. The molecule has 0 aromatic rings. The van der Waals surface area contributed by atoms with Gasteiger partial charge in [0.25, 0.3) is 0 Å². The summed E-state index contributed by atoms with van der Waals surface area (Å²) in [5.41, 5.74) is 7.21. The van der Waals surface area contributed by atoms with Gasteiger partial charge in [-0.2, -0.15) is 5.48 Å². The Hall–Kier alpha value is -0.610. The van der Waals surface area contributed by atoms with E-state index in [1.165, 1.54) is 7.11 Å². The Kier molecular flexibility index (Phi) is 3.14. The van der Waals surface area contributed by atoms with Crippen LogP contribution in [-0.4, -0.2) is 19.1 Å². The van der Waals surface area contributed by atoms with Crippen LogP contribution in [0.4, 0.5) is 0 Å². The van der Waals surface area contributed by atoms with Gasteiger partial charge in [0, 0.05) is 0 Å². The number of carbonyl (C=O) groups is 1. The summed E-state index contributed by atoms with van der Waals surface area (Å²) in [4.78, 5) is 14.6. The predicted octanol–water partition coefficient (Wildman–Crippen LogP) is -0.989. The molecule has 0 heterocycles. The molecule has 0 aliphatic heterocycles. The molecule has 0 bridgehead atoms. The molecule has 1 amide bonds. The molecule has 0 rings (SSSR count). The Morgan fingerprint density at radius 1 is 1.88 bits per heavy atom. The maximum Gasteiger partial charge on any atom is 0.236 e. The zero-order valence-electron chi connectivity index (χ0n) is 4.97. The molecule has 0 aromatic heterocycles. The normalized spacial score (nSPS) is 13.2. The van der Waals surface area contributed by atoms with Crippen molar-refractivity contribution in [1.82, 2.24) is 5.48 Å². The molecule has 8 heavy (non-hydrogen) atoms. The van der Waals surface area contributed by atoms with Crippen molar-refractivity contribution in [2.75, 3.05) is 7.11 Å². The largest absolute Gasteiger partial charge is 0.368 e. The van der Waals surface area contributed by atoms with Gasteiger partial charge in [-0.1, -0.05) is 0 Å². The van der Waals surface area contributed by atoms with Gasteiger partial charge in [0.2, 0.25) is 5.91 Å². The number of carbonyl (C=O) groups excluding carboxylic acids is 1. The van der Waals surface area contributed by atoms with E-state index in [-0.39, 0.29) is 0 Å². The second kappa shape index (κ2) is 3.40. The molecule has 0 fully saturated rings. The van der Waals surface area contributed by atoms with E-state index in [0.717, 1.165) is 0 Å². The van der Waals surface area contributed by atoms with Gasteiger partial charge in [-0.3, -0.25) is 4.79 Å². The molecule has 0 saturated heterocycles. The lowest BCUT2D eigenvalue weighted by Gasteiger charge is -2.04. The van der Waals surface area contributed by atoms with E-state index in [1.807, 2.05) is 0 Å². The van der Waals surface area contributed by atoms with E-state index in [4.69, 9.17) is 5.73 Å². The maximum absolute atomic E-state index is 10.2. The topological polar surface area (TPSA) is 64.3 Å². The quantitative estimate of drug-likeness (QED) is 0.468. The summed E-state index contributed by atoms with van der Waals surface area (Å²) >= 11 is 0. The Balaban J connectivity index is 3.32. The average molecular weight is 118 g/mol. The number of hydroxylamine groups is 1. The van der Waals surface area contributed by atoms with Crippen LogP contribution in [0, 0.1) is 0 Å². The van der Waals surface area contributed by atoms with Gasteiger partial charge in [0.05, 0.1) is 7.11 Å². The first-order valence-electron chi connectivity index (χ1n) is 2.26. The second-order valence-corrected chi connectivity index (χ2v) is 1.45. The Bertz CT molecular complexity index is 84.1. The summed E-state index contributed by atoms with van der Waals surface area (Å²) in [6.07, 6.45) is 0. The fourth-order valence-electron chi connectivity index (χ4n) is 0.235. The highest BCUT2D eigenvalue weighted by atomic mass is 16.6. The summed E-state index contributed by atoms with van der Waals surface area (Å²) in [6.45, 7) is 1.62. The van der Waals surface area contributed by atoms with Crippen molar-refractivity contribution in [3.8, 4) is 0 Å². The van der Waals surface area contributed by atoms with Crippen molar-refractivity contribution in [3.05, 3.63) is 0 Å². The summed E-state index contributed by atoms with van der Waals surface area (Å²) in [6, 6.07) is -0.417. The van der Waals surface area contributed by atoms with Gasteiger partial charge in [0.1, 0.15) is 6.04 Å². The zero-order chi connectivity index (χ0) is 6.57. The number of rotatable bonds is 3. The highest BCUT2D eigenvalue weighted by Gasteiger charge is 2.04. The van der Waals surface area contributed by atoms with E-state index in [0.29, 0.717) is 0 Å². The summed E-state index contributed by atoms with van der Waals surface area (Å²) in [5, 5.41) is 0. The van der Waals surface area contributed by atoms with E-state index < -0.39 is 11.9 Å². The monoisotopic (exact) mass is 118 g/mol. The molecule has 0 aliphatic carbocycles. The standard InChI is InChI=1S/C4H10N2O2/c1-3(4(5)7)6-8-2/h3,6H,1-2H3,(H2,5,7)/t3-/m0/s1. The molecule has 0 radical (unpaired) electrons. The van der Waals surface area contributed by atoms with Crippen LogP contribution >= 0.6 is 0 Å². The van der Waals surface area contributed by atoms with Gasteiger partial charge >= 0.3 is 0 Å². The number of nitrogens with two attached hydrogens (primary N) is 1. The van der Waals surface area contributed by atoms with Crippen molar-refractivity contribution < 1.29 is 9.63 Å². The first-order valence-corrected chi connectivity index (χ1v) is 2.26. The van der Waals surface area contributed by atoms with Crippen LogP contribution in [0.2, 0.25) is 0 Å². The van der Waals surface area contributed by atoms with Crippen LogP contribution < -0.4 is 11.2 Å². The molecule has 0 spiro atoms. The van der Waals surface area contributed by atoms with E-state index in [9.17, 15) is 4.79 Å². The molecule has 0 aromatic carbocycles. The van der Waals surface area contributed by atoms with E-state index >= 15 is 0 Å². The average Bonchev–Trinajstić information content (AvgIpc) is 1.67. The van der Waals surface area contributed by atoms with Crippen LogP contribution in [0.3, 0.4) is 0 Å². The van der Waals surface area contributed by atoms with Crippen molar-refractivity contribution in [2.45, 2.75) is 13.0 Å². The highest BCUT2D eigenvalue weighted by molar-refractivity contribution is 5.79. The first-order chi connectivity index (χ1) is 3.68. The van der Waals surface area contributed by atoms with Crippen molar-refractivity contribution in [2.24, 2.45) is 5.73 Å². The number of nitrogens with one attached hydrogen (secondary N) is 1. The smallest absolute Gasteiger partial charge is 0.236 e. The lowest BCUT2D eigenvalue weighted by atomic mass is 10.4. The zero-order valence-corrected chi connectivity index (χ0v) is 4.97. The number of amides is 1. The lowest BCUT2D eigenvalue weighted by molar-refractivity contribution is -0.122. The maximum atomic E-state index is 10.2. The minimum Gasteiger partial charge on any atom is -0.368 e. The fourth-order valence-corrected chi connectivity index (χ4v) is 0.235. The van der Waals surface area contributed by atoms with Crippen LogP contribution in [0.25, 0.3) is 0 Å². The number of primary amides is 1. The molecule has 0 aliphatic rings. The molecule has 0 unspecified atom stereocenters. The molecule has 3 N–H and O–H groups in total. The van der Waals surface area contributed by atoms with Crippen LogP contribution in [0.5, 0.6) is 0 Å². The molecule has 4 heteroatoms.